The molecule has 152 valence electrons. The van der Waals surface area contributed by atoms with Crippen molar-refractivity contribution in [3.63, 3.8) is 0 Å². The highest BCUT2D eigenvalue weighted by atomic mass is 127. The Morgan fingerprint density at radius 1 is 1.21 bits per heavy atom. The van der Waals surface area contributed by atoms with Gasteiger partial charge in [0.15, 0.2) is 5.96 Å². The smallest absolute Gasteiger partial charge is 0.191 e. The van der Waals surface area contributed by atoms with E-state index in [2.05, 4.69) is 25.6 Å². The number of rotatable bonds is 6. The van der Waals surface area contributed by atoms with E-state index in [1.165, 1.54) is 6.07 Å². The first-order valence-electron chi connectivity index (χ1n) is 9.33. The van der Waals surface area contributed by atoms with Crippen LogP contribution in [0.2, 0.25) is 0 Å². The lowest BCUT2D eigenvalue weighted by Gasteiger charge is -2.19. The van der Waals surface area contributed by atoms with Gasteiger partial charge in [0, 0.05) is 44.1 Å². The zero-order valence-electron chi connectivity index (χ0n) is 16.2. The average molecular weight is 506 g/mol. The molecule has 0 spiro atoms. The van der Waals surface area contributed by atoms with E-state index in [0.717, 1.165) is 29.8 Å². The number of aromatic nitrogens is 3. The first kappa shape index (κ1) is 21.2. The lowest BCUT2D eigenvalue weighted by atomic mass is 9.95. The minimum atomic E-state index is -0.131. The number of imidazole rings is 1. The number of hydrogen-bond acceptors (Lipinski definition) is 3. The van der Waals surface area contributed by atoms with Gasteiger partial charge in [0.2, 0.25) is 0 Å². The van der Waals surface area contributed by atoms with E-state index in [1.807, 2.05) is 35.0 Å². The normalized spacial score (nSPS) is 14.8. The summed E-state index contributed by atoms with van der Waals surface area (Å²) in [6, 6.07) is 11.0. The van der Waals surface area contributed by atoms with Gasteiger partial charge < -0.3 is 10.6 Å². The number of pyridine rings is 1. The fourth-order valence-electron chi connectivity index (χ4n) is 3.35. The van der Waals surface area contributed by atoms with Crippen LogP contribution in [0, 0.1) is 5.82 Å². The van der Waals surface area contributed by atoms with Crippen molar-refractivity contribution in [2.75, 3.05) is 13.6 Å². The van der Waals surface area contributed by atoms with Crippen LogP contribution in [0.25, 0.3) is 5.82 Å². The van der Waals surface area contributed by atoms with E-state index in [0.29, 0.717) is 19.0 Å². The Morgan fingerprint density at radius 2 is 2.03 bits per heavy atom. The molecule has 0 amide bonds. The molecule has 29 heavy (non-hydrogen) atoms. The van der Waals surface area contributed by atoms with Crippen LogP contribution in [0.5, 0.6) is 0 Å². The predicted molar refractivity (Wildman–Crippen MR) is 122 cm³/mol. The second-order valence-electron chi connectivity index (χ2n) is 7.03. The van der Waals surface area contributed by atoms with Gasteiger partial charge in [0.1, 0.15) is 18.0 Å². The van der Waals surface area contributed by atoms with Crippen LogP contribution in [0.15, 0.2) is 66.3 Å². The van der Waals surface area contributed by atoms with Crippen molar-refractivity contribution < 1.29 is 4.39 Å². The third kappa shape index (κ3) is 4.92. The summed E-state index contributed by atoms with van der Waals surface area (Å²) in [5.41, 5.74) is 1.74. The van der Waals surface area contributed by atoms with Gasteiger partial charge in [-0.1, -0.05) is 18.2 Å². The first-order chi connectivity index (χ1) is 13.7. The highest BCUT2D eigenvalue weighted by molar-refractivity contribution is 14.0. The minimum absolute atomic E-state index is 0. The topological polar surface area (TPSA) is 67.1 Å². The van der Waals surface area contributed by atoms with Crippen LogP contribution in [-0.4, -0.2) is 34.1 Å². The lowest BCUT2D eigenvalue weighted by molar-refractivity contribution is 0.559. The van der Waals surface area contributed by atoms with Crippen molar-refractivity contribution in [2.45, 2.75) is 24.8 Å². The summed E-state index contributed by atoms with van der Waals surface area (Å²) in [5.74, 6) is 1.38. The average Bonchev–Trinajstić information content (AvgIpc) is 3.30. The first-order valence-corrected chi connectivity index (χ1v) is 9.33. The molecule has 2 N–H and O–H groups in total. The van der Waals surface area contributed by atoms with Crippen molar-refractivity contribution in [3.05, 3.63) is 78.3 Å². The van der Waals surface area contributed by atoms with Gasteiger partial charge in [0.25, 0.3) is 0 Å². The van der Waals surface area contributed by atoms with Crippen molar-refractivity contribution in [1.82, 2.24) is 25.2 Å². The number of hydrogen-bond donors (Lipinski definition) is 2. The molecule has 0 atom stereocenters. The Bertz CT molecular complexity index is 969. The molecule has 6 nitrogen and oxygen atoms in total. The molecule has 0 bridgehead atoms. The predicted octanol–water partition coefficient (Wildman–Crippen LogP) is 3.42. The third-order valence-electron chi connectivity index (χ3n) is 5.16. The summed E-state index contributed by atoms with van der Waals surface area (Å²) in [6.45, 7) is 1.26. The van der Waals surface area contributed by atoms with E-state index >= 15 is 0 Å². The number of nitrogens with zero attached hydrogens (tertiary/aromatic N) is 4. The molecule has 0 radical (unpaired) electrons. The van der Waals surface area contributed by atoms with Crippen LogP contribution in [0.4, 0.5) is 4.39 Å². The van der Waals surface area contributed by atoms with E-state index in [4.69, 9.17) is 0 Å². The van der Waals surface area contributed by atoms with Gasteiger partial charge in [0.05, 0.1) is 0 Å². The second kappa shape index (κ2) is 9.34. The zero-order chi connectivity index (χ0) is 19.4. The SMILES string of the molecule is CN=C(NCc1ccnc(-n2ccnc2)c1)NCC1(c2ccccc2F)CC1.I. The fourth-order valence-corrected chi connectivity index (χ4v) is 3.35. The van der Waals surface area contributed by atoms with Gasteiger partial charge in [-0.15, -0.1) is 24.0 Å². The molecule has 1 aromatic carbocycles. The van der Waals surface area contributed by atoms with E-state index < -0.39 is 0 Å². The summed E-state index contributed by atoms with van der Waals surface area (Å²) < 4.78 is 16.0. The molecule has 4 rings (SSSR count). The van der Waals surface area contributed by atoms with E-state index in [9.17, 15) is 4.39 Å². The number of benzene rings is 1. The largest absolute Gasteiger partial charge is 0.356 e. The lowest BCUT2D eigenvalue weighted by Crippen LogP contribution is -2.41. The Kier molecular flexibility index (Phi) is 6.83. The molecule has 1 saturated carbocycles. The Hall–Kier alpha value is -2.49. The Balaban J connectivity index is 0.00000240. The second-order valence-corrected chi connectivity index (χ2v) is 7.03. The maximum atomic E-state index is 14.2. The van der Waals surface area contributed by atoms with Crippen molar-refractivity contribution in [2.24, 2.45) is 4.99 Å². The van der Waals surface area contributed by atoms with Crippen LogP contribution in [-0.2, 0) is 12.0 Å². The van der Waals surface area contributed by atoms with Gasteiger partial charge >= 0.3 is 0 Å². The molecule has 1 fully saturated rings. The molecule has 0 aliphatic heterocycles. The van der Waals surface area contributed by atoms with Crippen molar-refractivity contribution in [3.8, 4) is 5.82 Å². The van der Waals surface area contributed by atoms with Crippen LogP contribution in [0.3, 0.4) is 0 Å². The summed E-state index contributed by atoms with van der Waals surface area (Å²) in [5, 5.41) is 6.67. The highest BCUT2D eigenvalue weighted by Gasteiger charge is 2.45. The summed E-state index contributed by atoms with van der Waals surface area (Å²) in [7, 11) is 1.74. The van der Waals surface area contributed by atoms with Gasteiger partial charge in [-0.2, -0.15) is 0 Å². The summed E-state index contributed by atoms with van der Waals surface area (Å²) >= 11 is 0. The van der Waals surface area contributed by atoms with Crippen molar-refractivity contribution >= 4 is 29.9 Å². The zero-order valence-corrected chi connectivity index (χ0v) is 18.5. The molecule has 2 heterocycles. The molecule has 0 unspecified atom stereocenters. The molecule has 3 aromatic rings. The molecule has 1 aliphatic rings. The summed E-state index contributed by atoms with van der Waals surface area (Å²) in [6.07, 6.45) is 9.05. The van der Waals surface area contributed by atoms with Crippen LogP contribution >= 0.6 is 24.0 Å². The van der Waals surface area contributed by atoms with E-state index in [-0.39, 0.29) is 35.2 Å². The Morgan fingerprint density at radius 3 is 2.72 bits per heavy atom. The third-order valence-corrected chi connectivity index (χ3v) is 5.16. The molecule has 8 heteroatoms. The monoisotopic (exact) mass is 506 g/mol. The number of aliphatic imine (C=N–C) groups is 1. The molecule has 2 aromatic heterocycles. The van der Waals surface area contributed by atoms with Gasteiger partial charge in [-0.3, -0.25) is 9.56 Å². The van der Waals surface area contributed by atoms with E-state index in [1.54, 1.807) is 31.8 Å². The Labute approximate surface area is 186 Å². The quantitative estimate of drug-likeness (QED) is 0.306. The summed E-state index contributed by atoms with van der Waals surface area (Å²) in [4.78, 5) is 12.7. The fraction of sp³-hybridized carbons (Fsp3) is 0.286. The number of guanidine groups is 1. The minimum Gasteiger partial charge on any atom is -0.356 e. The number of nitrogens with one attached hydrogen (secondary N) is 2. The standard InChI is InChI=1S/C21H23FN6.HI/c1-23-20(27-14-21(7-8-21)17-4-2-3-5-18(17)22)26-13-16-6-9-25-19(12-16)28-11-10-24-15-28;/h2-6,9-12,15H,7-8,13-14H2,1H3,(H2,23,26,27);1H. The van der Waals surface area contributed by atoms with Crippen LogP contribution in [0.1, 0.15) is 24.0 Å². The molecule has 1 aliphatic carbocycles. The van der Waals surface area contributed by atoms with Gasteiger partial charge in [-0.05, 0) is 42.2 Å². The highest BCUT2D eigenvalue weighted by Crippen LogP contribution is 2.48. The van der Waals surface area contributed by atoms with Gasteiger partial charge in [-0.25, -0.2) is 14.4 Å². The maximum absolute atomic E-state index is 14.2. The maximum Gasteiger partial charge on any atom is 0.191 e. The molecular formula is C21H24FIN6. The van der Waals surface area contributed by atoms with Crippen molar-refractivity contribution in [1.29, 1.82) is 0 Å². The van der Waals surface area contributed by atoms with Crippen LogP contribution < -0.4 is 10.6 Å². The molecule has 0 saturated heterocycles. The number of halogens is 2. The molecular weight excluding hydrogens is 482 g/mol.